The van der Waals surface area contributed by atoms with Crippen LogP contribution in [-0.2, 0) is 4.79 Å². The zero-order valence-electron chi connectivity index (χ0n) is 14.4. The highest BCUT2D eigenvalue weighted by atomic mass is 35.5. The number of likely N-dealkylation sites (N-methyl/N-ethyl adjacent to an activating group) is 1. The molecule has 3 rings (SSSR count). The quantitative estimate of drug-likeness (QED) is 0.688. The Morgan fingerprint density at radius 1 is 1.19 bits per heavy atom. The smallest absolute Gasteiger partial charge is 0.336 e. The van der Waals surface area contributed by atoms with Gasteiger partial charge in [0, 0.05) is 40.2 Å². The van der Waals surface area contributed by atoms with E-state index in [-0.39, 0.29) is 5.91 Å². The molecule has 0 saturated heterocycles. The molecule has 1 heterocycles. The Bertz CT molecular complexity index is 1010. The highest BCUT2D eigenvalue weighted by Crippen LogP contribution is 2.33. The normalized spacial score (nSPS) is 12.0. The molecule has 0 fully saturated rings. The number of rotatable bonds is 5. The Hall–Kier alpha value is -2.79. The van der Waals surface area contributed by atoms with Crippen LogP contribution in [0.5, 0.6) is 5.75 Å². The first kappa shape index (κ1) is 18.0. The Morgan fingerprint density at radius 3 is 2.69 bits per heavy atom. The van der Waals surface area contributed by atoms with Crippen LogP contribution < -0.4 is 15.7 Å². The summed E-state index contributed by atoms with van der Waals surface area (Å²) in [5.74, 6) is 0.231. The van der Waals surface area contributed by atoms with E-state index in [0.717, 1.165) is 10.9 Å². The lowest BCUT2D eigenvalue weighted by Crippen LogP contribution is -2.36. The van der Waals surface area contributed by atoms with Crippen LogP contribution in [0.25, 0.3) is 22.1 Å². The van der Waals surface area contributed by atoms with E-state index in [1.54, 1.807) is 31.2 Å². The van der Waals surface area contributed by atoms with Gasteiger partial charge in [-0.05, 0) is 32.0 Å². The number of nitrogens with one attached hydrogen (secondary N) is 1. The van der Waals surface area contributed by atoms with Crippen molar-refractivity contribution in [1.82, 2.24) is 5.32 Å². The molecule has 1 amide bonds. The first-order valence-corrected chi connectivity index (χ1v) is 8.64. The molecular weight excluding hydrogens is 354 g/mol. The first-order valence-electron chi connectivity index (χ1n) is 8.26. The van der Waals surface area contributed by atoms with Crippen molar-refractivity contribution in [2.75, 3.05) is 6.54 Å². The van der Waals surface area contributed by atoms with Crippen molar-refractivity contribution in [2.45, 2.75) is 20.0 Å². The van der Waals surface area contributed by atoms with E-state index in [0.29, 0.717) is 28.5 Å². The monoisotopic (exact) mass is 371 g/mol. The Morgan fingerprint density at radius 2 is 1.96 bits per heavy atom. The molecule has 1 aromatic heterocycles. The number of halogens is 1. The molecule has 2 aromatic carbocycles. The molecule has 0 aliphatic heterocycles. The van der Waals surface area contributed by atoms with Gasteiger partial charge >= 0.3 is 5.63 Å². The van der Waals surface area contributed by atoms with E-state index in [1.807, 2.05) is 25.1 Å². The largest absolute Gasteiger partial charge is 0.481 e. The number of amides is 1. The summed E-state index contributed by atoms with van der Waals surface area (Å²) in [6, 6.07) is 13.8. The predicted molar refractivity (Wildman–Crippen MR) is 102 cm³/mol. The van der Waals surface area contributed by atoms with Crippen molar-refractivity contribution in [2.24, 2.45) is 0 Å². The highest BCUT2D eigenvalue weighted by molar-refractivity contribution is 6.33. The first-order chi connectivity index (χ1) is 12.5. The molecule has 1 atom stereocenters. The van der Waals surface area contributed by atoms with E-state index in [9.17, 15) is 9.59 Å². The number of ether oxygens (including phenoxy) is 1. The van der Waals surface area contributed by atoms with Crippen molar-refractivity contribution < 1.29 is 13.9 Å². The third-order valence-electron chi connectivity index (χ3n) is 3.91. The van der Waals surface area contributed by atoms with Crippen LogP contribution in [0.15, 0.2) is 57.7 Å². The van der Waals surface area contributed by atoms with Gasteiger partial charge in [0.05, 0.1) is 0 Å². The third kappa shape index (κ3) is 3.73. The molecule has 6 heteroatoms. The summed E-state index contributed by atoms with van der Waals surface area (Å²) in [7, 11) is 0. The van der Waals surface area contributed by atoms with Crippen LogP contribution in [0.1, 0.15) is 13.8 Å². The molecule has 134 valence electrons. The number of carbonyl (C=O) groups excluding carboxylic acids is 1. The number of carbonyl (C=O) groups is 1. The van der Waals surface area contributed by atoms with Gasteiger partial charge in [0.1, 0.15) is 11.3 Å². The lowest BCUT2D eigenvalue weighted by Gasteiger charge is -2.14. The molecule has 0 aliphatic rings. The van der Waals surface area contributed by atoms with Gasteiger partial charge in [-0.15, -0.1) is 0 Å². The van der Waals surface area contributed by atoms with Gasteiger partial charge < -0.3 is 14.5 Å². The topological polar surface area (TPSA) is 68.5 Å². The van der Waals surface area contributed by atoms with Crippen molar-refractivity contribution in [3.8, 4) is 16.9 Å². The summed E-state index contributed by atoms with van der Waals surface area (Å²) in [5.41, 5.74) is 1.32. The minimum absolute atomic E-state index is 0.209. The summed E-state index contributed by atoms with van der Waals surface area (Å²) < 4.78 is 11.0. The molecule has 1 unspecified atom stereocenters. The summed E-state index contributed by atoms with van der Waals surface area (Å²) in [6.45, 7) is 4.03. The van der Waals surface area contributed by atoms with E-state index in [4.69, 9.17) is 20.8 Å². The maximum atomic E-state index is 12.0. The maximum absolute atomic E-state index is 12.0. The van der Waals surface area contributed by atoms with E-state index < -0.39 is 11.7 Å². The number of hydrogen-bond acceptors (Lipinski definition) is 4. The fourth-order valence-electron chi connectivity index (χ4n) is 2.69. The van der Waals surface area contributed by atoms with Gasteiger partial charge in [-0.25, -0.2) is 4.79 Å². The summed E-state index contributed by atoms with van der Waals surface area (Å²) in [5, 5.41) is 3.97. The SMILES string of the molecule is CCNC(=O)C(C)Oc1ccc2c(-c3ccccc3Cl)cc(=O)oc2c1. The van der Waals surface area contributed by atoms with Crippen LogP contribution >= 0.6 is 11.6 Å². The van der Waals surface area contributed by atoms with E-state index in [2.05, 4.69) is 5.32 Å². The molecule has 0 spiro atoms. The van der Waals surface area contributed by atoms with Crippen LogP contribution in [0.4, 0.5) is 0 Å². The van der Waals surface area contributed by atoms with Crippen molar-refractivity contribution in [1.29, 1.82) is 0 Å². The Labute approximate surface area is 155 Å². The average Bonchev–Trinajstić information content (AvgIpc) is 2.61. The lowest BCUT2D eigenvalue weighted by molar-refractivity contribution is -0.127. The molecule has 0 saturated carbocycles. The van der Waals surface area contributed by atoms with Crippen molar-refractivity contribution in [3.63, 3.8) is 0 Å². The summed E-state index contributed by atoms with van der Waals surface area (Å²) in [6.07, 6.45) is -0.661. The molecule has 1 N–H and O–H groups in total. The molecule has 26 heavy (non-hydrogen) atoms. The van der Waals surface area contributed by atoms with Gasteiger partial charge in [0.25, 0.3) is 5.91 Å². The van der Waals surface area contributed by atoms with Gasteiger partial charge in [-0.3, -0.25) is 4.79 Å². The fraction of sp³-hybridized carbons (Fsp3) is 0.200. The van der Waals surface area contributed by atoms with Gasteiger partial charge in [-0.1, -0.05) is 29.8 Å². The molecular formula is C20H18ClNO4. The molecule has 0 aliphatic carbocycles. The van der Waals surface area contributed by atoms with Crippen molar-refractivity contribution >= 4 is 28.5 Å². The minimum Gasteiger partial charge on any atom is -0.481 e. The lowest BCUT2D eigenvalue weighted by atomic mass is 10.0. The summed E-state index contributed by atoms with van der Waals surface area (Å²) in [4.78, 5) is 23.8. The number of fused-ring (bicyclic) bond motifs is 1. The predicted octanol–water partition coefficient (Wildman–Crippen LogP) is 4.02. The van der Waals surface area contributed by atoms with E-state index in [1.165, 1.54) is 6.07 Å². The fourth-order valence-corrected chi connectivity index (χ4v) is 2.93. The molecule has 5 nitrogen and oxygen atoms in total. The van der Waals surface area contributed by atoms with Crippen LogP contribution in [0.2, 0.25) is 5.02 Å². The summed E-state index contributed by atoms with van der Waals surface area (Å²) >= 11 is 6.27. The van der Waals surface area contributed by atoms with E-state index >= 15 is 0 Å². The van der Waals surface area contributed by atoms with Crippen LogP contribution in [0.3, 0.4) is 0 Å². The van der Waals surface area contributed by atoms with Gasteiger partial charge in [0.2, 0.25) is 0 Å². The zero-order valence-corrected chi connectivity index (χ0v) is 15.2. The second-order valence-corrected chi connectivity index (χ2v) is 6.18. The van der Waals surface area contributed by atoms with Crippen molar-refractivity contribution in [3.05, 3.63) is 64.0 Å². The van der Waals surface area contributed by atoms with Crippen LogP contribution in [0, 0.1) is 0 Å². The Kier molecular flexibility index (Phi) is 5.28. The zero-order chi connectivity index (χ0) is 18.7. The highest BCUT2D eigenvalue weighted by Gasteiger charge is 2.15. The van der Waals surface area contributed by atoms with Crippen LogP contribution in [-0.4, -0.2) is 18.6 Å². The number of hydrogen-bond donors (Lipinski definition) is 1. The minimum atomic E-state index is -0.661. The molecule has 3 aromatic rings. The Balaban J connectivity index is 2.03. The standard InChI is InChI=1S/C20H18ClNO4/c1-3-22-20(24)12(2)25-13-8-9-15-16(11-19(23)26-18(15)10-13)14-6-4-5-7-17(14)21/h4-12H,3H2,1-2H3,(H,22,24). The second-order valence-electron chi connectivity index (χ2n) is 5.77. The molecule has 0 bridgehead atoms. The molecule has 0 radical (unpaired) electrons. The van der Waals surface area contributed by atoms with Gasteiger partial charge in [-0.2, -0.15) is 0 Å². The van der Waals surface area contributed by atoms with Gasteiger partial charge in [0.15, 0.2) is 6.10 Å². The second kappa shape index (κ2) is 7.62. The maximum Gasteiger partial charge on any atom is 0.336 e. The number of benzene rings is 2. The average molecular weight is 372 g/mol. The third-order valence-corrected chi connectivity index (χ3v) is 4.24.